The number of hydrogen-bond acceptors (Lipinski definition) is 5. The Morgan fingerprint density at radius 2 is 2.07 bits per heavy atom. The second-order valence-electron chi connectivity index (χ2n) is 7.10. The van der Waals surface area contributed by atoms with Crippen LogP contribution in [-0.4, -0.2) is 55.1 Å². The van der Waals surface area contributed by atoms with Crippen LogP contribution in [0.1, 0.15) is 30.6 Å². The van der Waals surface area contributed by atoms with Gasteiger partial charge < -0.3 is 19.7 Å². The molecule has 1 aromatic carbocycles. The largest absolute Gasteiger partial charge is 0.452 e. The Labute approximate surface area is 156 Å². The van der Waals surface area contributed by atoms with Crippen LogP contribution < -0.4 is 5.32 Å². The zero-order valence-corrected chi connectivity index (χ0v) is 15.4. The molecular formula is C19H23FN2O5. The van der Waals surface area contributed by atoms with Crippen LogP contribution in [0.15, 0.2) is 18.2 Å². The minimum absolute atomic E-state index is 0.0757. The van der Waals surface area contributed by atoms with Gasteiger partial charge in [0.1, 0.15) is 5.82 Å². The molecule has 1 saturated carbocycles. The summed E-state index contributed by atoms with van der Waals surface area (Å²) in [5.74, 6) is -1.83. The smallest absolute Gasteiger partial charge is 0.340 e. The first-order chi connectivity index (χ1) is 12.8. The number of nitrogens with zero attached hydrogens (tertiary/aromatic N) is 1. The number of morpholine rings is 1. The highest BCUT2D eigenvalue weighted by Crippen LogP contribution is 2.38. The molecule has 1 aromatic rings. The Hall–Kier alpha value is -2.48. The molecule has 0 radical (unpaired) electrons. The van der Waals surface area contributed by atoms with Gasteiger partial charge in [-0.2, -0.15) is 0 Å². The topological polar surface area (TPSA) is 84.9 Å². The number of anilines is 1. The number of ether oxygens (including phenoxy) is 2. The Bertz CT molecular complexity index is 754. The van der Waals surface area contributed by atoms with Crippen molar-refractivity contribution < 1.29 is 28.2 Å². The molecule has 1 aliphatic carbocycles. The maximum Gasteiger partial charge on any atom is 0.340 e. The second-order valence-corrected chi connectivity index (χ2v) is 7.10. The first kappa shape index (κ1) is 19.3. The van der Waals surface area contributed by atoms with Crippen LogP contribution in [-0.2, 0) is 19.1 Å². The van der Waals surface area contributed by atoms with E-state index in [1.165, 1.54) is 6.07 Å². The maximum absolute atomic E-state index is 13.6. The molecule has 27 heavy (non-hydrogen) atoms. The molecule has 1 N–H and O–H groups in total. The van der Waals surface area contributed by atoms with E-state index in [2.05, 4.69) is 5.32 Å². The summed E-state index contributed by atoms with van der Waals surface area (Å²) in [7, 11) is 0. The van der Waals surface area contributed by atoms with Crippen molar-refractivity contribution in [1.82, 2.24) is 4.90 Å². The Kier molecular flexibility index (Phi) is 5.74. The molecule has 1 saturated heterocycles. The van der Waals surface area contributed by atoms with Crippen molar-refractivity contribution in [2.24, 2.45) is 11.8 Å². The van der Waals surface area contributed by atoms with Gasteiger partial charge in [0, 0.05) is 19.0 Å². The lowest BCUT2D eigenvalue weighted by Gasteiger charge is -2.30. The van der Waals surface area contributed by atoms with Gasteiger partial charge in [-0.25, -0.2) is 9.18 Å². The van der Waals surface area contributed by atoms with Gasteiger partial charge in [0.25, 0.3) is 5.91 Å². The summed E-state index contributed by atoms with van der Waals surface area (Å²) in [6.45, 7) is 4.66. The summed E-state index contributed by atoms with van der Waals surface area (Å²) in [4.78, 5) is 38.2. The molecule has 0 aromatic heterocycles. The van der Waals surface area contributed by atoms with E-state index in [-0.39, 0.29) is 35.1 Å². The van der Waals surface area contributed by atoms with Crippen LogP contribution >= 0.6 is 0 Å². The summed E-state index contributed by atoms with van der Waals surface area (Å²) in [6.07, 6.45) is 0.715. The van der Waals surface area contributed by atoms with E-state index in [1.807, 2.05) is 13.8 Å². The summed E-state index contributed by atoms with van der Waals surface area (Å²) >= 11 is 0. The third-order valence-electron chi connectivity index (χ3n) is 4.83. The predicted molar refractivity (Wildman–Crippen MR) is 94.6 cm³/mol. The quantitative estimate of drug-likeness (QED) is 0.790. The van der Waals surface area contributed by atoms with Gasteiger partial charge in [-0.05, 0) is 37.5 Å². The van der Waals surface area contributed by atoms with E-state index in [0.717, 1.165) is 18.6 Å². The number of rotatable bonds is 5. The third kappa shape index (κ3) is 4.82. The average molecular weight is 378 g/mol. The van der Waals surface area contributed by atoms with E-state index in [9.17, 15) is 18.8 Å². The minimum Gasteiger partial charge on any atom is -0.452 e. The summed E-state index contributed by atoms with van der Waals surface area (Å²) in [6, 6.07) is 3.47. The van der Waals surface area contributed by atoms with Gasteiger partial charge in [-0.15, -0.1) is 0 Å². The van der Waals surface area contributed by atoms with Gasteiger partial charge in [-0.3, -0.25) is 9.59 Å². The third-order valence-corrected chi connectivity index (χ3v) is 4.83. The predicted octanol–water partition coefficient (Wildman–Crippen LogP) is 1.82. The fourth-order valence-electron chi connectivity index (χ4n) is 3.05. The number of amides is 2. The van der Waals surface area contributed by atoms with Crippen LogP contribution in [0.5, 0.6) is 0 Å². The standard InChI is InChI=1S/C19H23FN2O5/c1-11-7-14(11)18(24)21-16-4-3-13(20)8-15(16)19(25)27-10-17(23)22-5-6-26-12(2)9-22/h3-4,8,11-12,14H,5-7,9-10H2,1-2H3,(H,21,24)/t11-,12-,14-/m1/s1. The second kappa shape index (κ2) is 8.04. The van der Waals surface area contributed by atoms with Gasteiger partial charge in [0.05, 0.1) is 24.0 Å². The molecule has 3 rings (SSSR count). The lowest BCUT2D eigenvalue weighted by molar-refractivity contribution is -0.141. The maximum atomic E-state index is 13.6. The van der Waals surface area contributed by atoms with E-state index in [4.69, 9.17) is 9.47 Å². The lowest BCUT2D eigenvalue weighted by Crippen LogP contribution is -2.46. The Balaban J connectivity index is 1.62. The molecule has 1 heterocycles. The molecule has 1 aliphatic heterocycles. The van der Waals surface area contributed by atoms with Crippen molar-refractivity contribution in [1.29, 1.82) is 0 Å². The molecule has 2 fully saturated rings. The van der Waals surface area contributed by atoms with Crippen LogP contribution in [0, 0.1) is 17.7 Å². The number of halogens is 1. The molecular weight excluding hydrogens is 355 g/mol. The van der Waals surface area contributed by atoms with Gasteiger partial charge in [0.2, 0.25) is 5.91 Å². The summed E-state index contributed by atoms with van der Waals surface area (Å²) < 4.78 is 24.0. The van der Waals surface area contributed by atoms with Crippen LogP contribution in [0.3, 0.4) is 0 Å². The molecule has 3 atom stereocenters. The molecule has 8 heteroatoms. The van der Waals surface area contributed by atoms with Crippen LogP contribution in [0.4, 0.5) is 10.1 Å². The van der Waals surface area contributed by atoms with E-state index in [1.54, 1.807) is 4.90 Å². The van der Waals surface area contributed by atoms with Crippen molar-refractivity contribution in [2.45, 2.75) is 26.4 Å². The fraction of sp³-hybridized carbons (Fsp3) is 0.526. The molecule has 0 bridgehead atoms. The molecule has 146 valence electrons. The monoisotopic (exact) mass is 378 g/mol. The summed E-state index contributed by atoms with van der Waals surface area (Å²) in [5.41, 5.74) is 0.0674. The van der Waals surface area contributed by atoms with Crippen molar-refractivity contribution in [3.05, 3.63) is 29.6 Å². The Morgan fingerprint density at radius 1 is 1.33 bits per heavy atom. The lowest BCUT2D eigenvalue weighted by atomic mass is 10.1. The SMILES string of the molecule is C[C@@H]1CN(C(=O)COC(=O)c2cc(F)ccc2NC(=O)[C@@H]2C[C@H]2C)CCO1. The van der Waals surface area contributed by atoms with Crippen molar-refractivity contribution in [3.8, 4) is 0 Å². The molecule has 0 unspecified atom stereocenters. The van der Waals surface area contributed by atoms with Crippen LogP contribution in [0.25, 0.3) is 0 Å². The minimum atomic E-state index is -0.858. The number of esters is 1. The zero-order chi connectivity index (χ0) is 19.6. The number of carbonyl (C=O) groups excluding carboxylic acids is 3. The van der Waals surface area contributed by atoms with E-state index < -0.39 is 18.4 Å². The van der Waals surface area contributed by atoms with Gasteiger partial charge >= 0.3 is 5.97 Å². The Morgan fingerprint density at radius 3 is 2.74 bits per heavy atom. The highest BCUT2D eigenvalue weighted by Gasteiger charge is 2.39. The number of carbonyl (C=O) groups is 3. The van der Waals surface area contributed by atoms with E-state index >= 15 is 0 Å². The first-order valence-corrected chi connectivity index (χ1v) is 9.02. The molecule has 7 nitrogen and oxygen atoms in total. The van der Waals surface area contributed by atoms with Gasteiger partial charge in [0.15, 0.2) is 6.61 Å². The normalized spacial score (nSPS) is 24.3. The first-order valence-electron chi connectivity index (χ1n) is 9.02. The zero-order valence-electron chi connectivity index (χ0n) is 15.4. The highest BCUT2D eigenvalue weighted by atomic mass is 19.1. The van der Waals surface area contributed by atoms with Crippen molar-refractivity contribution in [2.75, 3.05) is 31.6 Å². The highest BCUT2D eigenvalue weighted by molar-refractivity contribution is 6.03. The van der Waals surface area contributed by atoms with Gasteiger partial charge in [-0.1, -0.05) is 6.92 Å². The molecule has 2 aliphatic rings. The van der Waals surface area contributed by atoms with Crippen molar-refractivity contribution in [3.63, 3.8) is 0 Å². The van der Waals surface area contributed by atoms with Crippen LogP contribution in [0.2, 0.25) is 0 Å². The summed E-state index contributed by atoms with van der Waals surface area (Å²) in [5, 5.41) is 2.65. The number of hydrogen-bond donors (Lipinski definition) is 1. The molecule has 2 amide bonds. The molecule has 0 spiro atoms. The van der Waals surface area contributed by atoms with E-state index in [0.29, 0.717) is 25.6 Å². The number of nitrogens with one attached hydrogen (secondary N) is 1. The number of benzene rings is 1. The van der Waals surface area contributed by atoms with Crippen molar-refractivity contribution >= 4 is 23.5 Å². The fourth-order valence-corrected chi connectivity index (χ4v) is 3.05. The average Bonchev–Trinajstić information content (AvgIpc) is 3.37.